The third kappa shape index (κ3) is 3.05. The predicted octanol–water partition coefficient (Wildman–Crippen LogP) is 2.77. The number of carbonyl (C=O) groups is 2. The zero-order valence-electron chi connectivity index (χ0n) is 12.6. The summed E-state index contributed by atoms with van der Waals surface area (Å²) in [5.41, 5.74) is 1.68. The van der Waals surface area contributed by atoms with Gasteiger partial charge in [-0.05, 0) is 25.3 Å². The van der Waals surface area contributed by atoms with Crippen molar-refractivity contribution in [3.63, 3.8) is 0 Å². The molecule has 1 aliphatic carbocycles. The molecule has 23 heavy (non-hydrogen) atoms. The lowest BCUT2D eigenvalue weighted by Crippen LogP contribution is -2.30. The van der Waals surface area contributed by atoms with Crippen LogP contribution in [-0.4, -0.2) is 28.1 Å². The van der Waals surface area contributed by atoms with E-state index in [0.29, 0.717) is 12.4 Å². The summed E-state index contributed by atoms with van der Waals surface area (Å²) in [5.74, 6) is -0.215. The van der Waals surface area contributed by atoms with Crippen molar-refractivity contribution in [3.8, 4) is 0 Å². The molecule has 2 N–H and O–H groups in total. The van der Waals surface area contributed by atoms with Gasteiger partial charge in [0.05, 0.1) is 0 Å². The number of aryl methyl sites for hydroxylation is 2. The van der Waals surface area contributed by atoms with Gasteiger partial charge in [-0.3, -0.25) is 9.59 Å². The molecule has 0 saturated carbocycles. The number of H-pyrrole nitrogens is 1. The SMILES string of the molecule is Cc1nc2c([nH]1)C(=O)C(Cl)=C(NCCCc1ccccc1)C2=O. The number of carbonyl (C=O) groups excluding carboxylic acids is 2. The summed E-state index contributed by atoms with van der Waals surface area (Å²) in [6, 6.07) is 10.1. The molecule has 5 nitrogen and oxygen atoms in total. The highest BCUT2D eigenvalue weighted by Gasteiger charge is 2.34. The van der Waals surface area contributed by atoms with E-state index in [4.69, 9.17) is 11.6 Å². The van der Waals surface area contributed by atoms with Crippen LogP contribution in [0.25, 0.3) is 0 Å². The molecule has 0 unspecified atom stereocenters. The molecule has 1 aromatic carbocycles. The summed E-state index contributed by atoms with van der Waals surface area (Å²) in [7, 11) is 0. The number of nitrogens with one attached hydrogen (secondary N) is 2. The molecule has 3 rings (SSSR count). The number of aromatic amines is 1. The second-order valence-electron chi connectivity index (χ2n) is 5.41. The van der Waals surface area contributed by atoms with E-state index in [9.17, 15) is 9.59 Å². The van der Waals surface area contributed by atoms with Gasteiger partial charge in [0.15, 0.2) is 0 Å². The lowest BCUT2D eigenvalue weighted by atomic mass is 10.0. The fourth-order valence-electron chi connectivity index (χ4n) is 2.57. The van der Waals surface area contributed by atoms with Crippen LogP contribution < -0.4 is 5.32 Å². The fraction of sp³-hybridized carbons (Fsp3) is 0.235. The maximum absolute atomic E-state index is 12.4. The maximum atomic E-state index is 12.4. The quantitative estimate of drug-likeness (QED) is 0.827. The zero-order valence-corrected chi connectivity index (χ0v) is 13.4. The first-order chi connectivity index (χ1) is 11.1. The van der Waals surface area contributed by atoms with E-state index in [0.717, 1.165) is 12.8 Å². The molecular weight excluding hydrogens is 314 g/mol. The molecule has 2 aromatic rings. The topological polar surface area (TPSA) is 74.8 Å². The number of hydrogen-bond donors (Lipinski definition) is 2. The van der Waals surface area contributed by atoms with E-state index in [-0.39, 0.29) is 27.9 Å². The lowest BCUT2D eigenvalue weighted by Gasteiger charge is -2.15. The van der Waals surface area contributed by atoms with Crippen molar-refractivity contribution < 1.29 is 9.59 Å². The van der Waals surface area contributed by atoms with Gasteiger partial charge in [0.1, 0.15) is 27.9 Å². The molecule has 0 spiro atoms. The first kappa shape index (κ1) is 15.5. The highest BCUT2D eigenvalue weighted by molar-refractivity contribution is 6.49. The Morgan fingerprint density at radius 2 is 1.91 bits per heavy atom. The van der Waals surface area contributed by atoms with Gasteiger partial charge in [-0.1, -0.05) is 41.9 Å². The standard InChI is InChI=1S/C17H16ClN3O2/c1-10-20-14-15(21-10)17(23)13(12(18)16(14)22)19-9-5-8-11-6-3-2-4-7-11/h2-4,6-7,19H,5,8-9H2,1H3,(H,20,21). The minimum atomic E-state index is -0.396. The number of rotatable bonds is 5. The molecule has 1 heterocycles. The molecule has 0 bridgehead atoms. The Balaban J connectivity index is 1.66. The number of allylic oxidation sites excluding steroid dienone is 2. The number of Topliss-reactive ketones (excluding diaryl/α,β-unsaturated/α-hetero) is 2. The number of halogens is 1. The molecule has 0 saturated heterocycles. The van der Waals surface area contributed by atoms with Crippen molar-refractivity contribution in [2.24, 2.45) is 0 Å². The van der Waals surface area contributed by atoms with Gasteiger partial charge in [0, 0.05) is 6.54 Å². The normalized spacial score (nSPS) is 14.2. The Hall–Kier alpha value is -2.40. The number of aromatic nitrogens is 2. The Morgan fingerprint density at radius 3 is 2.65 bits per heavy atom. The van der Waals surface area contributed by atoms with Gasteiger partial charge in [-0.2, -0.15) is 0 Å². The summed E-state index contributed by atoms with van der Waals surface area (Å²) in [6.45, 7) is 2.25. The van der Waals surface area contributed by atoms with E-state index in [1.807, 2.05) is 18.2 Å². The van der Waals surface area contributed by atoms with E-state index < -0.39 is 5.78 Å². The van der Waals surface area contributed by atoms with E-state index in [1.54, 1.807) is 6.92 Å². The van der Waals surface area contributed by atoms with Crippen molar-refractivity contribution in [3.05, 3.63) is 63.8 Å². The molecule has 1 aliphatic rings. The van der Waals surface area contributed by atoms with Crippen molar-refractivity contribution >= 4 is 23.2 Å². The van der Waals surface area contributed by atoms with Crippen molar-refractivity contribution in [1.29, 1.82) is 0 Å². The average molecular weight is 330 g/mol. The van der Waals surface area contributed by atoms with Crippen molar-refractivity contribution in [1.82, 2.24) is 15.3 Å². The minimum Gasteiger partial charge on any atom is -0.380 e. The van der Waals surface area contributed by atoms with Gasteiger partial charge in [-0.25, -0.2) is 4.98 Å². The van der Waals surface area contributed by atoms with Crippen molar-refractivity contribution in [2.75, 3.05) is 6.54 Å². The monoisotopic (exact) mass is 329 g/mol. The lowest BCUT2D eigenvalue weighted by molar-refractivity contribution is 0.0969. The molecular formula is C17H16ClN3O2. The maximum Gasteiger partial charge on any atom is 0.231 e. The summed E-state index contributed by atoms with van der Waals surface area (Å²) in [5, 5.41) is 2.92. The van der Waals surface area contributed by atoms with Crippen LogP contribution in [0.2, 0.25) is 0 Å². The number of benzene rings is 1. The van der Waals surface area contributed by atoms with Gasteiger partial charge in [0.25, 0.3) is 0 Å². The van der Waals surface area contributed by atoms with Crippen LogP contribution in [0.4, 0.5) is 0 Å². The van der Waals surface area contributed by atoms with Crippen LogP contribution in [0.15, 0.2) is 41.1 Å². The second-order valence-corrected chi connectivity index (χ2v) is 5.79. The van der Waals surface area contributed by atoms with Crippen LogP contribution in [0.5, 0.6) is 0 Å². The largest absolute Gasteiger partial charge is 0.380 e. The summed E-state index contributed by atoms with van der Waals surface area (Å²) >= 11 is 6.06. The van der Waals surface area contributed by atoms with Crippen LogP contribution in [0, 0.1) is 6.92 Å². The number of imidazole rings is 1. The Bertz CT molecular complexity index is 793. The third-order valence-corrected chi connectivity index (χ3v) is 4.06. The van der Waals surface area contributed by atoms with Gasteiger partial charge < -0.3 is 10.3 Å². The average Bonchev–Trinajstić information content (AvgIpc) is 2.95. The molecule has 1 aromatic heterocycles. The van der Waals surface area contributed by atoms with Crippen LogP contribution in [0.3, 0.4) is 0 Å². The highest BCUT2D eigenvalue weighted by Crippen LogP contribution is 2.25. The first-order valence-corrected chi connectivity index (χ1v) is 7.79. The first-order valence-electron chi connectivity index (χ1n) is 7.41. The second kappa shape index (κ2) is 6.38. The Morgan fingerprint density at radius 1 is 1.17 bits per heavy atom. The molecule has 0 atom stereocenters. The summed E-state index contributed by atoms with van der Waals surface area (Å²) in [4.78, 5) is 31.5. The predicted molar refractivity (Wildman–Crippen MR) is 87.6 cm³/mol. The molecule has 0 amide bonds. The zero-order chi connectivity index (χ0) is 16.4. The molecule has 118 valence electrons. The van der Waals surface area contributed by atoms with E-state index >= 15 is 0 Å². The number of ketones is 2. The summed E-state index contributed by atoms with van der Waals surface area (Å²) in [6.07, 6.45) is 1.71. The van der Waals surface area contributed by atoms with Crippen LogP contribution >= 0.6 is 11.6 Å². The number of nitrogens with zero attached hydrogens (tertiary/aromatic N) is 1. The number of fused-ring (bicyclic) bond motifs is 1. The molecule has 0 aliphatic heterocycles. The fourth-order valence-corrected chi connectivity index (χ4v) is 2.82. The van der Waals surface area contributed by atoms with Gasteiger partial charge >= 0.3 is 0 Å². The summed E-state index contributed by atoms with van der Waals surface area (Å²) < 4.78 is 0. The third-order valence-electron chi connectivity index (χ3n) is 3.70. The number of hydrogen-bond acceptors (Lipinski definition) is 4. The molecule has 0 fully saturated rings. The van der Waals surface area contributed by atoms with E-state index in [2.05, 4.69) is 27.4 Å². The minimum absolute atomic E-state index is 0.0779. The van der Waals surface area contributed by atoms with Gasteiger partial charge in [-0.15, -0.1) is 0 Å². The van der Waals surface area contributed by atoms with E-state index in [1.165, 1.54) is 5.56 Å². The smallest absolute Gasteiger partial charge is 0.231 e. The van der Waals surface area contributed by atoms with Gasteiger partial charge in [0.2, 0.25) is 11.6 Å². The van der Waals surface area contributed by atoms with Crippen LogP contribution in [-0.2, 0) is 6.42 Å². The molecule has 0 radical (unpaired) electrons. The Labute approximate surface area is 138 Å². The van der Waals surface area contributed by atoms with Crippen LogP contribution in [0.1, 0.15) is 38.8 Å². The highest BCUT2D eigenvalue weighted by atomic mass is 35.5. The van der Waals surface area contributed by atoms with Crippen molar-refractivity contribution in [2.45, 2.75) is 19.8 Å². The Kier molecular flexibility index (Phi) is 4.30. The molecule has 6 heteroatoms.